The summed E-state index contributed by atoms with van der Waals surface area (Å²) in [5.74, 6) is 2.14. The molecule has 6 heteroatoms. The average Bonchev–Trinajstić information content (AvgIpc) is 3.12. The number of carbonyl (C=O) groups is 1. The number of aryl methyl sites for hydroxylation is 2. The highest BCUT2D eigenvalue weighted by Crippen LogP contribution is 2.24. The highest BCUT2D eigenvalue weighted by molar-refractivity contribution is 5.89. The Labute approximate surface area is 190 Å². The fraction of sp³-hybridized carbons (Fsp3) is 0.385. The molecule has 2 heterocycles. The summed E-state index contributed by atoms with van der Waals surface area (Å²) in [6.45, 7) is 9.98. The summed E-state index contributed by atoms with van der Waals surface area (Å²) in [6.07, 6.45) is 2.63. The van der Waals surface area contributed by atoms with E-state index in [0.29, 0.717) is 18.1 Å². The van der Waals surface area contributed by atoms with E-state index in [9.17, 15) is 4.79 Å². The molecule has 6 nitrogen and oxygen atoms in total. The molecule has 168 valence electrons. The quantitative estimate of drug-likeness (QED) is 0.539. The summed E-state index contributed by atoms with van der Waals surface area (Å²) >= 11 is 0. The molecule has 0 radical (unpaired) electrons. The molecule has 4 rings (SSSR count). The van der Waals surface area contributed by atoms with Crippen molar-refractivity contribution < 1.29 is 9.21 Å². The topological polar surface area (TPSA) is 70.4 Å². The molecule has 1 saturated heterocycles. The van der Waals surface area contributed by atoms with E-state index in [1.807, 2.05) is 38.1 Å². The average molecular weight is 433 g/mol. The summed E-state index contributed by atoms with van der Waals surface area (Å²) < 4.78 is 5.69. The number of carbonyl (C=O) groups excluding carboxylic acids is 1. The minimum atomic E-state index is -0.242. The standard InChI is InChI=1S/C26H32N4O2/c1-18-6-5-13-30(16-18)17-22-11-9-21(10-12-22)15-27-26(31)29-24-8-4-7-23(14-24)25-28-19(2)20(3)32-25/h4,7-12,14,18H,5-6,13,15-17H2,1-3H3,(H2,27,29,31)/t18-/m1/s1. The van der Waals surface area contributed by atoms with Gasteiger partial charge in [0.15, 0.2) is 0 Å². The van der Waals surface area contributed by atoms with Crippen molar-refractivity contribution in [3.05, 3.63) is 71.1 Å². The molecule has 2 N–H and O–H groups in total. The molecule has 1 aromatic heterocycles. The molecule has 1 aliphatic heterocycles. The number of nitrogens with zero attached hydrogens (tertiary/aromatic N) is 2. The molecule has 2 aromatic carbocycles. The monoisotopic (exact) mass is 432 g/mol. The lowest BCUT2D eigenvalue weighted by molar-refractivity contribution is 0.176. The minimum absolute atomic E-state index is 0.242. The van der Waals surface area contributed by atoms with Gasteiger partial charge < -0.3 is 15.1 Å². The number of hydrogen-bond donors (Lipinski definition) is 2. The zero-order chi connectivity index (χ0) is 22.5. The van der Waals surface area contributed by atoms with E-state index < -0.39 is 0 Å². The number of urea groups is 1. The van der Waals surface area contributed by atoms with Gasteiger partial charge in [-0.25, -0.2) is 9.78 Å². The Balaban J connectivity index is 1.28. The van der Waals surface area contributed by atoms with Crippen LogP contribution < -0.4 is 10.6 Å². The predicted molar refractivity (Wildman–Crippen MR) is 127 cm³/mol. The first kappa shape index (κ1) is 22.1. The molecule has 1 atom stereocenters. The lowest BCUT2D eigenvalue weighted by atomic mass is 9.99. The van der Waals surface area contributed by atoms with Crippen LogP contribution in [0.4, 0.5) is 10.5 Å². The van der Waals surface area contributed by atoms with Gasteiger partial charge in [-0.15, -0.1) is 0 Å². The van der Waals surface area contributed by atoms with E-state index in [0.717, 1.165) is 35.0 Å². The number of oxazole rings is 1. The molecule has 0 aliphatic carbocycles. The fourth-order valence-corrected chi connectivity index (χ4v) is 4.13. The Kier molecular flexibility index (Phi) is 6.90. The Morgan fingerprint density at radius 1 is 1.16 bits per heavy atom. The van der Waals surface area contributed by atoms with E-state index in [1.54, 1.807) is 0 Å². The van der Waals surface area contributed by atoms with Gasteiger partial charge in [0.25, 0.3) is 0 Å². The van der Waals surface area contributed by atoms with Crippen molar-refractivity contribution in [1.82, 2.24) is 15.2 Å². The van der Waals surface area contributed by atoms with Crippen molar-refractivity contribution in [3.8, 4) is 11.5 Å². The van der Waals surface area contributed by atoms with Gasteiger partial charge in [-0.1, -0.05) is 37.3 Å². The predicted octanol–water partition coefficient (Wildman–Crippen LogP) is 5.51. The maximum atomic E-state index is 12.4. The van der Waals surface area contributed by atoms with Gasteiger partial charge in [-0.3, -0.25) is 4.90 Å². The van der Waals surface area contributed by atoms with Crippen LogP contribution in [0.1, 0.15) is 42.3 Å². The Bertz CT molecular complexity index is 1040. The van der Waals surface area contributed by atoms with Gasteiger partial charge in [0.05, 0.1) is 5.69 Å². The molecule has 0 saturated carbocycles. The number of rotatable bonds is 6. The summed E-state index contributed by atoms with van der Waals surface area (Å²) in [5.41, 5.74) is 4.79. The Morgan fingerprint density at radius 2 is 1.94 bits per heavy atom. The molecule has 3 aromatic rings. The lowest BCUT2D eigenvalue weighted by Gasteiger charge is -2.30. The second kappa shape index (κ2) is 10.0. The second-order valence-corrected chi connectivity index (χ2v) is 8.85. The number of hydrogen-bond acceptors (Lipinski definition) is 4. The molecule has 1 fully saturated rings. The van der Waals surface area contributed by atoms with Gasteiger partial charge in [0.2, 0.25) is 5.89 Å². The van der Waals surface area contributed by atoms with Crippen LogP contribution in [0.15, 0.2) is 52.9 Å². The molecule has 0 bridgehead atoms. The van der Waals surface area contributed by atoms with Crippen LogP contribution in [0.2, 0.25) is 0 Å². The van der Waals surface area contributed by atoms with Crippen LogP contribution in [0.3, 0.4) is 0 Å². The van der Waals surface area contributed by atoms with E-state index >= 15 is 0 Å². The van der Waals surface area contributed by atoms with Crippen LogP contribution in [0.25, 0.3) is 11.5 Å². The van der Waals surface area contributed by atoms with Crippen molar-refractivity contribution in [3.63, 3.8) is 0 Å². The van der Waals surface area contributed by atoms with Crippen LogP contribution in [0.5, 0.6) is 0 Å². The summed E-state index contributed by atoms with van der Waals surface area (Å²) in [6, 6.07) is 15.8. The molecule has 2 amide bonds. The Morgan fingerprint density at radius 3 is 2.66 bits per heavy atom. The number of aromatic nitrogens is 1. The van der Waals surface area contributed by atoms with E-state index in [4.69, 9.17) is 4.42 Å². The smallest absolute Gasteiger partial charge is 0.319 e. The Hall–Kier alpha value is -3.12. The first-order chi connectivity index (χ1) is 15.5. The molecule has 0 spiro atoms. The highest BCUT2D eigenvalue weighted by Gasteiger charge is 2.16. The number of amides is 2. The SMILES string of the molecule is Cc1nc(-c2cccc(NC(=O)NCc3ccc(CN4CCC[C@@H](C)C4)cc3)c2)oc1C. The fourth-order valence-electron chi connectivity index (χ4n) is 4.13. The van der Waals surface area contributed by atoms with Crippen molar-refractivity contribution in [2.75, 3.05) is 18.4 Å². The van der Waals surface area contributed by atoms with Crippen molar-refractivity contribution in [1.29, 1.82) is 0 Å². The number of likely N-dealkylation sites (tertiary alicyclic amines) is 1. The van der Waals surface area contributed by atoms with E-state index in [1.165, 1.54) is 31.5 Å². The van der Waals surface area contributed by atoms with Gasteiger partial charge in [0.1, 0.15) is 5.76 Å². The van der Waals surface area contributed by atoms with Crippen LogP contribution in [0, 0.1) is 19.8 Å². The number of benzene rings is 2. The summed E-state index contributed by atoms with van der Waals surface area (Å²) in [4.78, 5) is 19.3. The van der Waals surface area contributed by atoms with Crippen molar-refractivity contribution in [2.45, 2.75) is 46.7 Å². The zero-order valence-corrected chi connectivity index (χ0v) is 19.1. The normalized spacial score (nSPS) is 16.7. The largest absolute Gasteiger partial charge is 0.441 e. The third-order valence-corrected chi connectivity index (χ3v) is 6.02. The maximum Gasteiger partial charge on any atom is 0.319 e. The second-order valence-electron chi connectivity index (χ2n) is 8.85. The maximum absolute atomic E-state index is 12.4. The molecular formula is C26H32N4O2. The molecule has 32 heavy (non-hydrogen) atoms. The van der Waals surface area contributed by atoms with Crippen LogP contribution >= 0.6 is 0 Å². The zero-order valence-electron chi connectivity index (χ0n) is 19.1. The molecule has 0 unspecified atom stereocenters. The van der Waals surface area contributed by atoms with Crippen LogP contribution in [-0.2, 0) is 13.1 Å². The minimum Gasteiger partial charge on any atom is -0.441 e. The lowest BCUT2D eigenvalue weighted by Crippen LogP contribution is -2.33. The number of nitrogens with one attached hydrogen (secondary N) is 2. The number of piperidine rings is 1. The highest BCUT2D eigenvalue weighted by atomic mass is 16.4. The third-order valence-electron chi connectivity index (χ3n) is 6.02. The van der Waals surface area contributed by atoms with Crippen LogP contribution in [-0.4, -0.2) is 29.0 Å². The van der Waals surface area contributed by atoms with E-state index in [-0.39, 0.29) is 6.03 Å². The summed E-state index contributed by atoms with van der Waals surface area (Å²) in [5, 5.41) is 5.81. The van der Waals surface area contributed by atoms with Gasteiger partial charge in [-0.05, 0) is 68.5 Å². The van der Waals surface area contributed by atoms with E-state index in [2.05, 4.69) is 51.7 Å². The van der Waals surface area contributed by atoms with Crippen molar-refractivity contribution in [2.24, 2.45) is 5.92 Å². The molecular weight excluding hydrogens is 400 g/mol. The van der Waals surface area contributed by atoms with Crippen molar-refractivity contribution >= 4 is 11.7 Å². The third kappa shape index (κ3) is 5.77. The van der Waals surface area contributed by atoms with Gasteiger partial charge >= 0.3 is 6.03 Å². The van der Waals surface area contributed by atoms with Gasteiger partial charge in [0, 0.05) is 30.9 Å². The first-order valence-electron chi connectivity index (χ1n) is 11.4. The first-order valence-corrected chi connectivity index (χ1v) is 11.4. The summed E-state index contributed by atoms with van der Waals surface area (Å²) in [7, 11) is 0. The number of anilines is 1. The molecule has 1 aliphatic rings. The van der Waals surface area contributed by atoms with Gasteiger partial charge in [-0.2, -0.15) is 0 Å².